The first-order valence-corrected chi connectivity index (χ1v) is 7.45. The van der Waals surface area contributed by atoms with E-state index < -0.39 is 0 Å². The summed E-state index contributed by atoms with van der Waals surface area (Å²) in [6.45, 7) is 0.772. The van der Waals surface area contributed by atoms with Crippen molar-refractivity contribution in [2.45, 2.75) is 19.4 Å². The van der Waals surface area contributed by atoms with Gasteiger partial charge in [0.25, 0.3) is 0 Å². The summed E-state index contributed by atoms with van der Waals surface area (Å²) in [6, 6.07) is 10.0. The molecule has 0 N–H and O–H groups in total. The van der Waals surface area contributed by atoms with Crippen molar-refractivity contribution in [3.63, 3.8) is 0 Å². The lowest BCUT2D eigenvalue weighted by Gasteiger charge is -2.03. The minimum absolute atomic E-state index is 0.0225. The second-order valence-corrected chi connectivity index (χ2v) is 5.94. The van der Waals surface area contributed by atoms with Crippen molar-refractivity contribution in [2.75, 3.05) is 0 Å². The van der Waals surface area contributed by atoms with Gasteiger partial charge >= 0.3 is 5.69 Å². The molecule has 4 nitrogen and oxygen atoms in total. The fourth-order valence-corrected chi connectivity index (χ4v) is 2.79. The summed E-state index contributed by atoms with van der Waals surface area (Å²) >= 11 is 0. The van der Waals surface area contributed by atoms with E-state index in [0.29, 0.717) is 11.6 Å². The van der Waals surface area contributed by atoms with Crippen LogP contribution in [0, 0.1) is 11.7 Å². The fourth-order valence-electron chi connectivity index (χ4n) is 2.79. The van der Waals surface area contributed by atoms with Crippen LogP contribution in [-0.2, 0) is 13.6 Å². The van der Waals surface area contributed by atoms with Crippen LogP contribution in [0.25, 0.3) is 22.4 Å². The van der Waals surface area contributed by atoms with Crippen LogP contribution in [0.5, 0.6) is 0 Å². The van der Waals surface area contributed by atoms with E-state index in [-0.39, 0.29) is 11.5 Å². The number of halogens is 1. The van der Waals surface area contributed by atoms with Crippen LogP contribution in [0.4, 0.5) is 4.39 Å². The highest BCUT2D eigenvalue weighted by atomic mass is 19.1. The van der Waals surface area contributed by atoms with E-state index in [0.717, 1.165) is 23.3 Å². The molecule has 1 aliphatic rings. The number of aryl methyl sites for hydroxylation is 1. The summed E-state index contributed by atoms with van der Waals surface area (Å²) in [5.41, 5.74) is 3.10. The van der Waals surface area contributed by atoms with Gasteiger partial charge in [0.15, 0.2) is 5.65 Å². The number of fused-ring (bicyclic) bond motifs is 1. The van der Waals surface area contributed by atoms with E-state index in [4.69, 9.17) is 0 Å². The molecular formula is C17H16FN3O. The summed E-state index contributed by atoms with van der Waals surface area (Å²) in [5, 5.41) is 0. The summed E-state index contributed by atoms with van der Waals surface area (Å²) in [5.74, 6) is 0.355. The van der Waals surface area contributed by atoms with Crippen molar-refractivity contribution in [2.24, 2.45) is 13.0 Å². The molecule has 2 aromatic heterocycles. The largest absolute Gasteiger partial charge is 0.330 e. The number of hydrogen-bond acceptors (Lipinski definition) is 2. The van der Waals surface area contributed by atoms with Gasteiger partial charge in [-0.15, -0.1) is 0 Å². The highest BCUT2D eigenvalue weighted by molar-refractivity contribution is 5.76. The minimum atomic E-state index is -0.271. The van der Waals surface area contributed by atoms with Crippen LogP contribution in [0.1, 0.15) is 12.8 Å². The van der Waals surface area contributed by atoms with E-state index in [9.17, 15) is 9.18 Å². The number of imidazole rings is 1. The lowest BCUT2D eigenvalue weighted by molar-refractivity contribution is 0.609. The lowest BCUT2D eigenvalue weighted by atomic mass is 10.1. The van der Waals surface area contributed by atoms with Crippen molar-refractivity contribution in [3.8, 4) is 11.3 Å². The standard InChI is InChI=1S/C17H16FN3O/c1-20-16-15(21(17(20)22)10-11-2-3-11)9-8-14(19-16)12-4-6-13(18)7-5-12/h4-9,11H,2-3,10H2,1H3. The van der Waals surface area contributed by atoms with E-state index in [1.165, 1.54) is 25.0 Å². The molecule has 2 heterocycles. The van der Waals surface area contributed by atoms with Gasteiger partial charge in [-0.1, -0.05) is 0 Å². The monoisotopic (exact) mass is 297 g/mol. The minimum Gasteiger partial charge on any atom is -0.290 e. The first kappa shape index (κ1) is 13.2. The summed E-state index contributed by atoms with van der Waals surface area (Å²) < 4.78 is 16.4. The van der Waals surface area contributed by atoms with Crippen LogP contribution in [0.15, 0.2) is 41.2 Å². The summed E-state index contributed by atoms with van der Waals surface area (Å²) in [4.78, 5) is 17.0. The number of pyridine rings is 1. The molecule has 0 aliphatic heterocycles. The van der Waals surface area contributed by atoms with Crippen LogP contribution in [-0.4, -0.2) is 14.1 Å². The zero-order valence-electron chi connectivity index (χ0n) is 12.3. The Labute approximate surface area is 126 Å². The lowest BCUT2D eigenvalue weighted by Crippen LogP contribution is -2.22. The molecule has 0 radical (unpaired) electrons. The molecule has 0 bridgehead atoms. The average Bonchev–Trinajstić information content (AvgIpc) is 3.32. The molecule has 22 heavy (non-hydrogen) atoms. The van der Waals surface area contributed by atoms with Crippen molar-refractivity contribution in [3.05, 3.63) is 52.7 Å². The number of nitrogens with zero attached hydrogens (tertiary/aromatic N) is 3. The normalized spacial score (nSPS) is 14.6. The zero-order chi connectivity index (χ0) is 15.3. The Morgan fingerprint density at radius 3 is 2.59 bits per heavy atom. The first-order chi connectivity index (χ1) is 10.6. The van der Waals surface area contributed by atoms with Crippen LogP contribution in [0.2, 0.25) is 0 Å². The predicted molar refractivity (Wildman–Crippen MR) is 83.1 cm³/mol. The Kier molecular flexibility index (Phi) is 2.89. The SMILES string of the molecule is Cn1c(=O)n(CC2CC2)c2ccc(-c3ccc(F)cc3)nc21. The van der Waals surface area contributed by atoms with Gasteiger partial charge in [-0.2, -0.15) is 0 Å². The van der Waals surface area contributed by atoms with Gasteiger partial charge in [-0.25, -0.2) is 14.2 Å². The van der Waals surface area contributed by atoms with Crippen molar-refractivity contribution >= 4 is 11.2 Å². The van der Waals surface area contributed by atoms with Crippen LogP contribution >= 0.6 is 0 Å². The predicted octanol–water partition coefficient (Wildman–Crippen LogP) is 2.95. The maximum Gasteiger partial charge on any atom is 0.330 e. The van der Waals surface area contributed by atoms with Crippen molar-refractivity contribution in [1.29, 1.82) is 0 Å². The molecule has 0 unspecified atom stereocenters. The van der Waals surface area contributed by atoms with Gasteiger partial charge in [-0.05, 0) is 55.2 Å². The van der Waals surface area contributed by atoms with Crippen molar-refractivity contribution in [1.82, 2.24) is 14.1 Å². The molecule has 112 valence electrons. The molecule has 5 heteroatoms. The van der Waals surface area contributed by atoms with Gasteiger partial charge in [0.2, 0.25) is 0 Å². The van der Waals surface area contributed by atoms with Gasteiger partial charge in [0.1, 0.15) is 5.82 Å². The quantitative estimate of drug-likeness (QED) is 0.745. The van der Waals surface area contributed by atoms with Gasteiger partial charge in [0, 0.05) is 19.2 Å². The first-order valence-electron chi connectivity index (χ1n) is 7.45. The third-order valence-corrected chi connectivity index (χ3v) is 4.26. The Morgan fingerprint density at radius 2 is 1.91 bits per heavy atom. The third-order valence-electron chi connectivity index (χ3n) is 4.26. The number of aromatic nitrogens is 3. The fraction of sp³-hybridized carbons (Fsp3) is 0.294. The highest BCUT2D eigenvalue weighted by Crippen LogP contribution is 2.31. The zero-order valence-corrected chi connectivity index (χ0v) is 12.3. The van der Waals surface area contributed by atoms with Gasteiger partial charge in [-0.3, -0.25) is 9.13 Å². The van der Waals surface area contributed by atoms with E-state index in [2.05, 4.69) is 4.98 Å². The summed E-state index contributed by atoms with van der Waals surface area (Å²) in [7, 11) is 1.75. The van der Waals surface area contributed by atoms with E-state index in [1.54, 1.807) is 23.7 Å². The van der Waals surface area contributed by atoms with Gasteiger partial charge < -0.3 is 0 Å². The molecule has 0 amide bonds. The smallest absolute Gasteiger partial charge is 0.290 e. The molecule has 3 aromatic rings. The average molecular weight is 297 g/mol. The summed E-state index contributed by atoms with van der Waals surface area (Å²) in [6.07, 6.45) is 2.40. The van der Waals surface area contributed by atoms with E-state index >= 15 is 0 Å². The number of hydrogen-bond donors (Lipinski definition) is 0. The number of benzene rings is 1. The maximum atomic E-state index is 13.0. The van der Waals surface area contributed by atoms with Crippen LogP contribution < -0.4 is 5.69 Å². The van der Waals surface area contributed by atoms with E-state index in [1.807, 2.05) is 16.7 Å². The molecule has 0 spiro atoms. The van der Waals surface area contributed by atoms with Crippen molar-refractivity contribution < 1.29 is 4.39 Å². The molecule has 1 fully saturated rings. The topological polar surface area (TPSA) is 39.8 Å². The Morgan fingerprint density at radius 1 is 1.18 bits per heavy atom. The molecule has 0 atom stereocenters. The van der Waals surface area contributed by atoms with Gasteiger partial charge in [0.05, 0.1) is 11.2 Å². The Bertz CT molecular complexity index is 904. The molecule has 1 aliphatic carbocycles. The number of rotatable bonds is 3. The Hall–Kier alpha value is -2.43. The molecule has 1 aromatic carbocycles. The maximum absolute atomic E-state index is 13.0. The second kappa shape index (κ2) is 4.80. The third kappa shape index (κ3) is 2.13. The van der Waals surface area contributed by atoms with Crippen LogP contribution in [0.3, 0.4) is 0 Å². The molecule has 1 saturated carbocycles. The molecular weight excluding hydrogens is 281 g/mol. The molecule has 4 rings (SSSR count). The molecule has 0 saturated heterocycles. The second-order valence-electron chi connectivity index (χ2n) is 5.94. The highest BCUT2D eigenvalue weighted by Gasteiger charge is 2.24. The Balaban J connectivity index is 1.85.